The molecule has 0 aliphatic heterocycles. The van der Waals surface area contributed by atoms with Gasteiger partial charge in [0, 0.05) is 23.1 Å². The Morgan fingerprint density at radius 3 is 2.52 bits per heavy atom. The molecule has 0 aromatic heterocycles. The largest absolute Gasteiger partial charge is 0.329 e. The summed E-state index contributed by atoms with van der Waals surface area (Å²) in [4.78, 5) is 2.50. The first-order valence-corrected chi connectivity index (χ1v) is 8.40. The molecule has 0 bridgehead atoms. The number of benzene rings is 1. The maximum atomic E-state index is 6.29. The van der Waals surface area contributed by atoms with Crippen LogP contribution in [0.2, 0.25) is 5.02 Å². The molecule has 0 amide bonds. The van der Waals surface area contributed by atoms with Crippen LogP contribution in [0.1, 0.15) is 58.1 Å². The van der Waals surface area contributed by atoms with Crippen LogP contribution in [0, 0.1) is 5.41 Å². The van der Waals surface area contributed by atoms with E-state index < -0.39 is 0 Å². The summed E-state index contributed by atoms with van der Waals surface area (Å²) >= 11 is 6.16. The van der Waals surface area contributed by atoms with Gasteiger partial charge in [0.25, 0.3) is 0 Å². The zero-order valence-corrected chi connectivity index (χ0v) is 14.6. The first-order chi connectivity index (χ1) is 9.84. The van der Waals surface area contributed by atoms with Crippen LogP contribution in [0.3, 0.4) is 0 Å². The van der Waals surface area contributed by atoms with Gasteiger partial charge in [-0.3, -0.25) is 4.90 Å². The molecule has 2 N–H and O–H groups in total. The fourth-order valence-electron chi connectivity index (χ4n) is 4.09. The highest BCUT2D eigenvalue weighted by molar-refractivity contribution is 6.30. The van der Waals surface area contributed by atoms with E-state index in [9.17, 15) is 0 Å². The van der Waals surface area contributed by atoms with Crippen molar-refractivity contribution in [1.82, 2.24) is 4.90 Å². The Morgan fingerprint density at radius 1 is 1.29 bits per heavy atom. The van der Waals surface area contributed by atoms with Gasteiger partial charge >= 0.3 is 0 Å². The minimum atomic E-state index is 0.0625. The van der Waals surface area contributed by atoms with E-state index in [1.807, 2.05) is 12.1 Å². The van der Waals surface area contributed by atoms with Crippen molar-refractivity contribution in [2.45, 2.75) is 58.0 Å². The lowest BCUT2D eigenvalue weighted by Crippen LogP contribution is -2.62. The van der Waals surface area contributed by atoms with Crippen molar-refractivity contribution in [2.24, 2.45) is 11.1 Å². The number of halogens is 1. The summed E-state index contributed by atoms with van der Waals surface area (Å²) in [7, 11) is 2.23. The zero-order chi connectivity index (χ0) is 15.7. The van der Waals surface area contributed by atoms with Gasteiger partial charge in [-0.1, -0.05) is 50.4 Å². The SMILES string of the molecule is CC(c1cccc(Cl)c1)N(C)C1(CN)CCCCC1(C)C. The summed E-state index contributed by atoms with van der Waals surface area (Å²) in [6.07, 6.45) is 5.01. The van der Waals surface area contributed by atoms with Gasteiger partial charge in [0.2, 0.25) is 0 Å². The van der Waals surface area contributed by atoms with Crippen LogP contribution in [0.5, 0.6) is 0 Å². The van der Waals surface area contributed by atoms with Gasteiger partial charge in [-0.05, 0) is 49.9 Å². The van der Waals surface area contributed by atoms with E-state index in [1.165, 1.54) is 31.2 Å². The topological polar surface area (TPSA) is 29.3 Å². The second-order valence-corrected chi connectivity index (χ2v) is 7.61. The molecule has 0 heterocycles. The highest BCUT2D eigenvalue weighted by Gasteiger charge is 2.49. The van der Waals surface area contributed by atoms with Gasteiger partial charge in [-0.2, -0.15) is 0 Å². The predicted octanol–water partition coefficient (Wildman–Crippen LogP) is 4.63. The van der Waals surface area contributed by atoms with Gasteiger partial charge in [0.15, 0.2) is 0 Å². The van der Waals surface area contributed by atoms with Crippen molar-refractivity contribution in [1.29, 1.82) is 0 Å². The Kier molecular flexibility index (Phi) is 5.02. The van der Waals surface area contributed by atoms with Crippen molar-refractivity contribution in [3.05, 3.63) is 34.9 Å². The maximum Gasteiger partial charge on any atom is 0.0409 e. The number of hydrogen-bond acceptors (Lipinski definition) is 2. The fourth-order valence-corrected chi connectivity index (χ4v) is 4.29. The van der Waals surface area contributed by atoms with E-state index in [1.54, 1.807) is 0 Å². The number of rotatable bonds is 4. The highest BCUT2D eigenvalue weighted by Crippen LogP contribution is 2.48. The van der Waals surface area contributed by atoms with Crippen LogP contribution in [0.25, 0.3) is 0 Å². The predicted molar refractivity (Wildman–Crippen MR) is 91.7 cm³/mol. The Bertz CT molecular complexity index is 486. The van der Waals surface area contributed by atoms with E-state index in [2.05, 4.69) is 44.9 Å². The molecule has 0 saturated heterocycles. The molecule has 1 saturated carbocycles. The lowest BCUT2D eigenvalue weighted by Gasteiger charge is -2.56. The molecule has 1 aromatic rings. The Balaban J connectivity index is 2.33. The molecule has 21 heavy (non-hydrogen) atoms. The Morgan fingerprint density at radius 2 is 1.95 bits per heavy atom. The van der Waals surface area contributed by atoms with Crippen LogP contribution >= 0.6 is 11.6 Å². The van der Waals surface area contributed by atoms with E-state index in [-0.39, 0.29) is 11.0 Å². The molecule has 1 aromatic carbocycles. The molecule has 2 nitrogen and oxygen atoms in total. The van der Waals surface area contributed by atoms with Gasteiger partial charge in [-0.15, -0.1) is 0 Å². The average Bonchev–Trinajstić information content (AvgIpc) is 2.46. The standard InChI is InChI=1S/C18H29ClN2/c1-14(15-8-7-9-16(19)12-15)21(4)18(13-20)11-6-5-10-17(18,2)3/h7-9,12,14H,5-6,10-11,13,20H2,1-4H3. The minimum Gasteiger partial charge on any atom is -0.329 e. The number of nitrogens with two attached hydrogens (primary N) is 1. The molecular weight excluding hydrogens is 280 g/mol. The minimum absolute atomic E-state index is 0.0625. The van der Waals surface area contributed by atoms with Crippen LogP contribution in [0.15, 0.2) is 24.3 Å². The third-order valence-electron chi connectivity index (χ3n) is 5.83. The quantitative estimate of drug-likeness (QED) is 0.878. The molecule has 2 unspecified atom stereocenters. The third-order valence-corrected chi connectivity index (χ3v) is 6.06. The number of likely N-dealkylation sites (N-methyl/N-ethyl adjacent to an activating group) is 1. The molecule has 0 spiro atoms. The lowest BCUT2D eigenvalue weighted by molar-refractivity contribution is -0.0491. The summed E-state index contributed by atoms with van der Waals surface area (Å²) in [5, 5.41) is 0.803. The number of hydrogen-bond donors (Lipinski definition) is 1. The molecule has 1 aliphatic carbocycles. The molecule has 2 atom stereocenters. The average molecular weight is 309 g/mol. The Labute approximate surface area is 134 Å². The van der Waals surface area contributed by atoms with Gasteiger partial charge in [0.1, 0.15) is 0 Å². The summed E-state index contributed by atoms with van der Waals surface area (Å²) in [6.45, 7) is 7.72. The molecule has 3 heteroatoms. The van der Waals surface area contributed by atoms with Crippen LogP contribution in [-0.4, -0.2) is 24.0 Å². The van der Waals surface area contributed by atoms with Gasteiger partial charge < -0.3 is 5.73 Å². The normalized spacial score (nSPS) is 26.8. The van der Waals surface area contributed by atoms with Crippen LogP contribution < -0.4 is 5.73 Å². The molecule has 1 fully saturated rings. The second kappa shape index (κ2) is 6.28. The molecular formula is C18H29ClN2. The summed E-state index contributed by atoms with van der Waals surface area (Å²) in [5.74, 6) is 0. The lowest BCUT2D eigenvalue weighted by atomic mass is 9.62. The van der Waals surface area contributed by atoms with Crippen molar-refractivity contribution in [3.8, 4) is 0 Å². The van der Waals surface area contributed by atoms with Gasteiger partial charge in [0.05, 0.1) is 0 Å². The van der Waals surface area contributed by atoms with Crippen molar-refractivity contribution < 1.29 is 0 Å². The zero-order valence-electron chi connectivity index (χ0n) is 13.8. The Hall–Kier alpha value is -0.570. The van der Waals surface area contributed by atoms with Crippen molar-refractivity contribution in [2.75, 3.05) is 13.6 Å². The van der Waals surface area contributed by atoms with Crippen molar-refractivity contribution in [3.63, 3.8) is 0 Å². The summed E-state index contributed by atoms with van der Waals surface area (Å²) in [5.41, 5.74) is 7.86. The van der Waals surface area contributed by atoms with Crippen LogP contribution in [-0.2, 0) is 0 Å². The monoisotopic (exact) mass is 308 g/mol. The van der Waals surface area contributed by atoms with E-state index in [0.717, 1.165) is 5.02 Å². The van der Waals surface area contributed by atoms with Gasteiger partial charge in [-0.25, -0.2) is 0 Å². The van der Waals surface area contributed by atoms with Crippen molar-refractivity contribution >= 4 is 11.6 Å². The molecule has 2 rings (SSSR count). The van der Waals surface area contributed by atoms with E-state index in [0.29, 0.717) is 12.6 Å². The smallest absolute Gasteiger partial charge is 0.0409 e. The highest BCUT2D eigenvalue weighted by atomic mass is 35.5. The maximum absolute atomic E-state index is 6.29. The van der Waals surface area contributed by atoms with E-state index >= 15 is 0 Å². The third kappa shape index (κ3) is 2.99. The molecule has 1 aliphatic rings. The van der Waals surface area contributed by atoms with E-state index in [4.69, 9.17) is 17.3 Å². The first-order valence-electron chi connectivity index (χ1n) is 8.02. The number of nitrogens with zero attached hydrogens (tertiary/aromatic N) is 1. The van der Waals surface area contributed by atoms with Crippen LogP contribution in [0.4, 0.5) is 0 Å². The molecule has 0 radical (unpaired) electrons. The molecule has 118 valence electrons. The summed E-state index contributed by atoms with van der Waals surface area (Å²) < 4.78 is 0. The summed E-state index contributed by atoms with van der Waals surface area (Å²) in [6, 6.07) is 8.50. The fraction of sp³-hybridized carbons (Fsp3) is 0.667. The second-order valence-electron chi connectivity index (χ2n) is 7.17. The first kappa shape index (κ1) is 16.8.